The lowest BCUT2D eigenvalue weighted by molar-refractivity contribution is -0.139. The van der Waals surface area contributed by atoms with Crippen LogP contribution in [0.5, 0.6) is 5.75 Å². The fraction of sp³-hybridized carbons (Fsp3) is 0.588. The SMILES string of the molecule is O=C(NC1CC1)[C@@H]1C[C@H](Oc2cccnc2)CN1C(=O)C1CC1. The Morgan fingerprint density at radius 3 is 2.74 bits per heavy atom. The van der Waals surface area contributed by atoms with Gasteiger partial charge in [-0.3, -0.25) is 14.6 Å². The summed E-state index contributed by atoms with van der Waals surface area (Å²) in [4.78, 5) is 30.7. The minimum Gasteiger partial charge on any atom is -0.487 e. The summed E-state index contributed by atoms with van der Waals surface area (Å²) < 4.78 is 5.92. The largest absolute Gasteiger partial charge is 0.487 e. The van der Waals surface area contributed by atoms with Crippen molar-refractivity contribution in [2.24, 2.45) is 5.92 Å². The molecule has 1 aromatic heterocycles. The van der Waals surface area contributed by atoms with Crippen molar-refractivity contribution in [3.05, 3.63) is 24.5 Å². The summed E-state index contributed by atoms with van der Waals surface area (Å²) in [7, 11) is 0. The van der Waals surface area contributed by atoms with E-state index in [1.54, 1.807) is 17.3 Å². The number of ether oxygens (including phenoxy) is 1. The number of aromatic nitrogens is 1. The van der Waals surface area contributed by atoms with Gasteiger partial charge in [0.1, 0.15) is 17.9 Å². The van der Waals surface area contributed by atoms with Gasteiger partial charge in [0.2, 0.25) is 11.8 Å². The average molecular weight is 315 g/mol. The van der Waals surface area contributed by atoms with E-state index in [1.165, 1.54) is 0 Å². The Hall–Kier alpha value is -2.11. The normalized spacial score (nSPS) is 26.9. The summed E-state index contributed by atoms with van der Waals surface area (Å²) in [5.74, 6) is 0.875. The molecule has 2 saturated carbocycles. The molecule has 0 aromatic carbocycles. The molecule has 3 fully saturated rings. The first-order chi connectivity index (χ1) is 11.2. The third kappa shape index (κ3) is 3.30. The number of hydrogen-bond acceptors (Lipinski definition) is 4. The molecule has 2 heterocycles. The first-order valence-electron chi connectivity index (χ1n) is 8.38. The number of carbonyl (C=O) groups is 2. The lowest BCUT2D eigenvalue weighted by atomic mass is 10.1. The van der Waals surface area contributed by atoms with Crippen molar-refractivity contribution in [3.63, 3.8) is 0 Å². The molecule has 1 N–H and O–H groups in total. The highest BCUT2D eigenvalue weighted by molar-refractivity contribution is 5.90. The van der Waals surface area contributed by atoms with Gasteiger partial charge in [0.15, 0.2) is 0 Å². The smallest absolute Gasteiger partial charge is 0.243 e. The third-order valence-corrected chi connectivity index (χ3v) is 4.64. The molecule has 1 aliphatic heterocycles. The fourth-order valence-electron chi connectivity index (χ4n) is 3.07. The maximum Gasteiger partial charge on any atom is 0.243 e. The second kappa shape index (κ2) is 5.83. The van der Waals surface area contributed by atoms with E-state index in [2.05, 4.69) is 10.3 Å². The van der Waals surface area contributed by atoms with Crippen LogP contribution in [0.2, 0.25) is 0 Å². The molecule has 6 heteroatoms. The summed E-state index contributed by atoms with van der Waals surface area (Å²) in [5.41, 5.74) is 0. The predicted molar refractivity (Wildman–Crippen MR) is 82.7 cm³/mol. The molecule has 4 rings (SSSR count). The van der Waals surface area contributed by atoms with Crippen LogP contribution in [0.3, 0.4) is 0 Å². The predicted octanol–water partition coefficient (Wildman–Crippen LogP) is 1.12. The molecular formula is C17H21N3O3. The number of pyridine rings is 1. The second-order valence-electron chi connectivity index (χ2n) is 6.73. The minimum absolute atomic E-state index is 0.0289. The molecule has 1 aromatic rings. The van der Waals surface area contributed by atoms with Gasteiger partial charge < -0.3 is 15.0 Å². The van der Waals surface area contributed by atoms with Gasteiger partial charge in [0.25, 0.3) is 0 Å². The Morgan fingerprint density at radius 2 is 2.09 bits per heavy atom. The summed E-state index contributed by atoms with van der Waals surface area (Å²) >= 11 is 0. The van der Waals surface area contributed by atoms with E-state index in [1.807, 2.05) is 12.1 Å². The highest BCUT2D eigenvalue weighted by Crippen LogP contribution is 2.34. The third-order valence-electron chi connectivity index (χ3n) is 4.64. The Labute approximate surface area is 135 Å². The molecular weight excluding hydrogens is 294 g/mol. The lowest BCUT2D eigenvalue weighted by Crippen LogP contribution is -2.47. The van der Waals surface area contributed by atoms with Crippen molar-refractivity contribution >= 4 is 11.8 Å². The number of amides is 2. The van der Waals surface area contributed by atoms with Gasteiger partial charge in [-0.25, -0.2) is 0 Å². The summed E-state index contributed by atoms with van der Waals surface area (Å²) in [6.07, 6.45) is 7.72. The Morgan fingerprint density at radius 1 is 1.26 bits per heavy atom. The summed E-state index contributed by atoms with van der Waals surface area (Å²) in [6, 6.07) is 3.57. The molecule has 0 bridgehead atoms. The van der Waals surface area contributed by atoms with Crippen molar-refractivity contribution in [3.8, 4) is 5.75 Å². The molecule has 0 unspecified atom stereocenters. The maximum absolute atomic E-state index is 12.5. The van der Waals surface area contributed by atoms with Crippen LogP contribution in [0.4, 0.5) is 0 Å². The lowest BCUT2D eigenvalue weighted by Gasteiger charge is -2.23. The number of carbonyl (C=O) groups excluding carboxylic acids is 2. The number of nitrogens with one attached hydrogen (secondary N) is 1. The highest BCUT2D eigenvalue weighted by atomic mass is 16.5. The monoisotopic (exact) mass is 315 g/mol. The zero-order valence-corrected chi connectivity index (χ0v) is 13.0. The summed E-state index contributed by atoms with van der Waals surface area (Å²) in [6.45, 7) is 0.479. The van der Waals surface area contributed by atoms with Crippen LogP contribution in [-0.2, 0) is 9.59 Å². The highest BCUT2D eigenvalue weighted by Gasteiger charge is 2.45. The van der Waals surface area contributed by atoms with Crippen LogP contribution in [0.25, 0.3) is 0 Å². The molecule has 3 aliphatic rings. The Bertz CT molecular complexity index is 598. The number of likely N-dealkylation sites (tertiary alicyclic amines) is 1. The molecule has 2 amide bonds. The van der Waals surface area contributed by atoms with Crippen LogP contribution >= 0.6 is 0 Å². The molecule has 1 saturated heterocycles. The van der Waals surface area contributed by atoms with E-state index in [0.717, 1.165) is 25.7 Å². The molecule has 2 atom stereocenters. The number of rotatable bonds is 5. The van der Waals surface area contributed by atoms with Crippen molar-refractivity contribution in [2.45, 2.75) is 50.3 Å². The van der Waals surface area contributed by atoms with Crippen LogP contribution < -0.4 is 10.1 Å². The van der Waals surface area contributed by atoms with Crippen molar-refractivity contribution in [2.75, 3.05) is 6.54 Å². The van der Waals surface area contributed by atoms with Crippen LogP contribution in [0.1, 0.15) is 32.1 Å². The molecule has 0 radical (unpaired) electrons. The maximum atomic E-state index is 12.5. The molecule has 6 nitrogen and oxygen atoms in total. The Kier molecular flexibility index (Phi) is 3.67. The van der Waals surface area contributed by atoms with Gasteiger partial charge in [-0.1, -0.05) is 0 Å². The summed E-state index contributed by atoms with van der Waals surface area (Å²) in [5, 5.41) is 3.02. The van der Waals surface area contributed by atoms with E-state index >= 15 is 0 Å². The number of nitrogens with zero attached hydrogens (tertiary/aromatic N) is 2. The average Bonchev–Trinajstić information content (AvgIpc) is 3.47. The Balaban J connectivity index is 1.45. The standard InChI is InChI=1S/C17H21N3O3/c21-16(19-12-5-6-12)15-8-14(23-13-2-1-7-18-9-13)10-20(15)17(22)11-3-4-11/h1-2,7,9,11-12,14-15H,3-6,8,10H2,(H,19,21)/t14-,15-/m0/s1. The fourth-order valence-corrected chi connectivity index (χ4v) is 3.07. The molecule has 122 valence electrons. The van der Waals surface area contributed by atoms with E-state index < -0.39 is 6.04 Å². The van der Waals surface area contributed by atoms with Gasteiger partial charge in [0, 0.05) is 24.6 Å². The van der Waals surface area contributed by atoms with Gasteiger partial charge in [0.05, 0.1) is 12.7 Å². The first-order valence-corrected chi connectivity index (χ1v) is 8.38. The topological polar surface area (TPSA) is 71.5 Å². The quantitative estimate of drug-likeness (QED) is 0.884. The molecule has 23 heavy (non-hydrogen) atoms. The van der Waals surface area contributed by atoms with Crippen molar-refractivity contribution in [1.29, 1.82) is 0 Å². The zero-order valence-electron chi connectivity index (χ0n) is 13.0. The van der Waals surface area contributed by atoms with Gasteiger partial charge in [-0.15, -0.1) is 0 Å². The van der Waals surface area contributed by atoms with Crippen molar-refractivity contribution in [1.82, 2.24) is 15.2 Å². The van der Waals surface area contributed by atoms with Gasteiger partial charge >= 0.3 is 0 Å². The van der Waals surface area contributed by atoms with Gasteiger partial charge in [-0.05, 0) is 37.8 Å². The van der Waals surface area contributed by atoms with Crippen LogP contribution in [0.15, 0.2) is 24.5 Å². The van der Waals surface area contributed by atoms with Crippen LogP contribution in [0, 0.1) is 5.92 Å². The minimum atomic E-state index is -0.398. The van der Waals surface area contributed by atoms with E-state index in [-0.39, 0.29) is 23.8 Å². The van der Waals surface area contributed by atoms with E-state index in [0.29, 0.717) is 24.8 Å². The zero-order chi connectivity index (χ0) is 15.8. The molecule has 0 spiro atoms. The number of hydrogen-bond donors (Lipinski definition) is 1. The molecule has 2 aliphatic carbocycles. The van der Waals surface area contributed by atoms with Gasteiger partial charge in [-0.2, -0.15) is 0 Å². The second-order valence-corrected chi connectivity index (χ2v) is 6.73. The first kappa shape index (κ1) is 14.5. The van der Waals surface area contributed by atoms with Crippen LogP contribution in [-0.4, -0.2) is 46.4 Å². The van der Waals surface area contributed by atoms with E-state index in [4.69, 9.17) is 4.74 Å². The van der Waals surface area contributed by atoms with Crippen molar-refractivity contribution < 1.29 is 14.3 Å². The van der Waals surface area contributed by atoms with E-state index in [9.17, 15) is 9.59 Å².